The quantitative estimate of drug-likeness (QED) is 0.241. The molecule has 0 radical (unpaired) electrons. The molecule has 186 valence electrons. The maximum absolute atomic E-state index is 14.0. The third kappa shape index (κ3) is 2.10. The maximum Gasteiger partial charge on any atom is 0.266 e. The first-order valence-corrected chi connectivity index (χ1v) is 13.3. The molecule has 0 fully saturated rings. The number of aromatic amines is 1. The van der Waals surface area contributed by atoms with E-state index in [1.54, 1.807) is 12.1 Å². The Kier molecular flexibility index (Phi) is 3.31. The molecule has 0 saturated heterocycles. The second-order valence-corrected chi connectivity index (χ2v) is 11.1. The fraction of sp³-hybridized carbons (Fsp3) is 0.0588. The second-order valence-electron chi connectivity index (χ2n) is 11.1. The molecule has 0 atom stereocenters. The van der Waals surface area contributed by atoms with Gasteiger partial charge in [0.05, 0.1) is 5.69 Å². The topological polar surface area (TPSA) is 89.0 Å². The summed E-state index contributed by atoms with van der Waals surface area (Å²) in [5, 5.41) is 11.2. The van der Waals surface area contributed by atoms with Gasteiger partial charge in [-0.3, -0.25) is 24.2 Å². The largest absolute Gasteiger partial charge is 0.288 e. The third-order valence-electron chi connectivity index (χ3n) is 9.24. The SMILES string of the molecule is O=c1[nH]c(=O)c2cc3ccc4cc5c(=O)n(-c6ccccc6)c(=O)c6cc7c8c9c(cc1c2c9c3c4c8c65)CC7. The first-order valence-electron chi connectivity index (χ1n) is 13.3. The Morgan fingerprint density at radius 3 is 1.62 bits per heavy atom. The molecular weight excluding hydrogens is 500 g/mol. The Morgan fingerprint density at radius 2 is 1.00 bits per heavy atom. The average molecular weight is 517 g/mol. The Morgan fingerprint density at radius 1 is 0.500 bits per heavy atom. The lowest BCUT2D eigenvalue weighted by Gasteiger charge is -2.26. The molecule has 6 nitrogen and oxygen atoms in total. The molecule has 0 amide bonds. The summed E-state index contributed by atoms with van der Waals surface area (Å²) in [5.74, 6) is 0. The summed E-state index contributed by atoms with van der Waals surface area (Å²) in [7, 11) is 0. The van der Waals surface area contributed by atoms with E-state index in [9.17, 15) is 19.2 Å². The molecule has 2 aromatic heterocycles. The van der Waals surface area contributed by atoms with Crippen LogP contribution in [0.1, 0.15) is 11.1 Å². The fourth-order valence-electron chi connectivity index (χ4n) is 7.72. The standard InChI is InChI=1S/C34H16N2O4/c37-31-19-10-14-6-8-16-12-21-28-22(34(40)36(33(21)39)18-4-2-1-3-5-18)13-17-9-7-15-11-20(32(38)35-31)27(19)29-23(14)25(16)30(28)26(17)24(15)29/h1-6,8,10-13H,7,9H2,(H,35,37,38). The minimum Gasteiger partial charge on any atom is -0.288 e. The van der Waals surface area contributed by atoms with Crippen LogP contribution in [0.5, 0.6) is 0 Å². The van der Waals surface area contributed by atoms with Crippen LogP contribution in [0.15, 0.2) is 85.9 Å². The first kappa shape index (κ1) is 20.6. The van der Waals surface area contributed by atoms with Crippen LogP contribution in [0.3, 0.4) is 0 Å². The lowest BCUT2D eigenvalue weighted by molar-refractivity contribution is 0.960. The fourth-order valence-corrected chi connectivity index (χ4v) is 7.72. The Bertz CT molecular complexity index is 2830. The van der Waals surface area contributed by atoms with E-state index in [1.807, 2.05) is 54.6 Å². The van der Waals surface area contributed by atoms with Gasteiger partial charge < -0.3 is 0 Å². The zero-order chi connectivity index (χ0) is 26.6. The molecule has 1 aliphatic carbocycles. The second kappa shape index (κ2) is 6.43. The zero-order valence-electron chi connectivity index (χ0n) is 20.8. The average Bonchev–Trinajstić information content (AvgIpc) is 2.97. The van der Waals surface area contributed by atoms with E-state index in [0.717, 1.165) is 54.2 Å². The number of hydrogen-bond donors (Lipinski definition) is 1. The van der Waals surface area contributed by atoms with Crippen molar-refractivity contribution < 1.29 is 0 Å². The summed E-state index contributed by atoms with van der Waals surface area (Å²) in [5.41, 5.74) is 1.25. The van der Waals surface area contributed by atoms with E-state index in [0.29, 0.717) is 50.8 Å². The van der Waals surface area contributed by atoms with Gasteiger partial charge in [-0.25, -0.2) is 4.57 Å². The summed E-state index contributed by atoms with van der Waals surface area (Å²) in [6.45, 7) is 0. The Hall–Kier alpha value is -5.36. The molecule has 0 unspecified atom stereocenters. The minimum atomic E-state index is -0.385. The summed E-state index contributed by atoms with van der Waals surface area (Å²) in [4.78, 5) is 56.6. The summed E-state index contributed by atoms with van der Waals surface area (Å²) >= 11 is 0. The van der Waals surface area contributed by atoms with Crippen molar-refractivity contribution in [3.05, 3.63) is 119 Å². The number of hydrogen-bond acceptors (Lipinski definition) is 4. The minimum absolute atomic E-state index is 0.317. The number of nitrogens with one attached hydrogen (secondary N) is 1. The highest BCUT2D eigenvalue weighted by molar-refractivity contribution is 6.46. The molecule has 10 rings (SSSR count). The van der Waals surface area contributed by atoms with Gasteiger partial charge in [-0.05, 0) is 103 Å². The van der Waals surface area contributed by atoms with Crippen LogP contribution in [0.2, 0.25) is 0 Å². The van der Waals surface area contributed by atoms with Crippen LogP contribution in [0.4, 0.5) is 0 Å². The maximum atomic E-state index is 14.0. The molecule has 0 spiro atoms. The number of benzene rings is 7. The van der Waals surface area contributed by atoms with Crippen molar-refractivity contribution in [2.45, 2.75) is 12.8 Å². The molecule has 7 aromatic carbocycles. The van der Waals surface area contributed by atoms with Gasteiger partial charge in [0.15, 0.2) is 0 Å². The molecule has 0 aliphatic heterocycles. The van der Waals surface area contributed by atoms with Crippen molar-refractivity contribution in [2.24, 2.45) is 0 Å². The normalized spacial score (nSPS) is 13.7. The van der Waals surface area contributed by atoms with Crippen molar-refractivity contribution in [3.8, 4) is 5.69 Å². The van der Waals surface area contributed by atoms with Gasteiger partial charge in [-0.2, -0.15) is 0 Å². The zero-order valence-corrected chi connectivity index (χ0v) is 20.8. The summed E-state index contributed by atoms with van der Waals surface area (Å²) < 4.78 is 1.29. The van der Waals surface area contributed by atoms with Gasteiger partial charge in [0.2, 0.25) is 0 Å². The molecule has 0 bridgehead atoms. The molecule has 0 saturated carbocycles. The number of pyridine rings is 2. The van der Waals surface area contributed by atoms with Crippen LogP contribution < -0.4 is 22.2 Å². The van der Waals surface area contributed by atoms with E-state index in [1.165, 1.54) is 4.57 Å². The molecular formula is C34H16N2O4. The number of aromatic nitrogens is 2. The highest BCUT2D eigenvalue weighted by atomic mass is 16.2. The van der Waals surface area contributed by atoms with E-state index in [-0.39, 0.29) is 22.2 Å². The molecule has 1 N–H and O–H groups in total. The smallest absolute Gasteiger partial charge is 0.266 e. The molecule has 2 heterocycles. The molecule has 6 heteroatoms. The van der Waals surface area contributed by atoms with Gasteiger partial charge in [0.1, 0.15) is 0 Å². The van der Waals surface area contributed by atoms with Gasteiger partial charge >= 0.3 is 0 Å². The number of rotatable bonds is 1. The lowest BCUT2D eigenvalue weighted by atomic mass is 9.76. The number of para-hydroxylation sites is 1. The lowest BCUT2D eigenvalue weighted by Crippen LogP contribution is -2.32. The summed E-state index contributed by atoms with van der Waals surface area (Å²) in [6.07, 6.45) is 1.42. The van der Waals surface area contributed by atoms with E-state index >= 15 is 0 Å². The van der Waals surface area contributed by atoms with Crippen molar-refractivity contribution >= 4 is 75.4 Å². The molecule has 9 aromatic rings. The number of nitrogens with zero attached hydrogens (tertiary/aromatic N) is 1. The van der Waals surface area contributed by atoms with Gasteiger partial charge in [-0.15, -0.1) is 0 Å². The van der Waals surface area contributed by atoms with E-state index in [4.69, 9.17) is 0 Å². The van der Waals surface area contributed by atoms with Crippen molar-refractivity contribution in [2.75, 3.05) is 0 Å². The van der Waals surface area contributed by atoms with Crippen LogP contribution >= 0.6 is 0 Å². The predicted octanol–water partition coefficient (Wildman–Crippen LogP) is 5.17. The number of H-pyrrole nitrogens is 1. The van der Waals surface area contributed by atoms with Crippen LogP contribution in [0.25, 0.3) is 81.1 Å². The highest BCUT2D eigenvalue weighted by Crippen LogP contribution is 2.51. The van der Waals surface area contributed by atoms with Gasteiger partial charge in [0.25, 0.3) is 22.2 Å². The van der Waals surface area contributed by atoms with Crippen molar-refractivity contribution in [3.63, 3.8) is 0 Å². The Balaban J connectivity index is 1.60. The van der Waals surface area contributed by atoms with Gasteiger partial charge in [-0.1, -0.05) is 30.3 Å². The first-order chi connectivity index (χ1) is 19.5. The molecule has 1 aliphatic rings. The van der Waals surface area contributed by atoms with E-state index < -0.39 is 0 Å². The highest BCUT2D eigenvalue weighted by Gasteiger charge is 2.29. The van der Waals surface area contributed by atoms with E-state index in [2.05, 4.69) is 4.98 Å². The van der Waals surface area contributed by atoms with Crippen molar-refractivity contribution in [1.82, 2.24) is 9.55 Å². The molecule has 40 heavy (non-hydrogen) atoms. The van der Waals surface area contributed by atoms with Crippen LogP contribution in [0, 0.1) is 0 Å². The van der Waals surface area contributed by atoms with Crippen LogP contribution in [-0.4, -0.2) is 9.55 Å². The monoisotopic (exact) mass is 516 g/mol. The summed E-state index contributed by atoms with van der Waals surface area (Å²) in [6, 6.07) is 20.7. The number of aryl methyl sites for hydroxylation is 2. The van der Waals surface area contributed by atoms with Crippen molar-refractivity contribution in [1.29, 1.82) is 0 Å². The van der Waals surface area contributed by atoms with Gasteiger partial charge in [0, 0.05) is 32.3 Å². The van der Waals surface area contributed by atoms with Crippen LogP contribution in [-0.2, 0) is 12.8 Å². The Labute approximate surface area is 222 Å². The third-order valence-corrected chi connectivity index (χ3v) is 9.24. The predicted molar refractivity (Wildman–Crippen MR) is 160 cm³/mol.